The Morgan fingerprint density at radius 2 is 2.20 bits per heavy atom. The molecular formula is C14H11BrN2O3. The first-order chi connectivity index (χ1) is 9.66. The number of fused-ring (bicyclic) bond motifs is 1. The van der Waals surface area contributed by atoms with E-state index in [9.17, 15) is 4.79 Å². The fraction of sp³-hybridized carbons (Fsp3) is 0.214. The van der Waals surface area contributed by atoms with Crippen LogP contribution < -0.4 is 4.74 Å². The first-order valence-corrected chi connectivity index (χ1v) is 6.93. The van der Waals surface area contributed by atoms with Gasteiger partial charge in [-0.05, 0) is 28.4 Å². The van der Waals surface area contributed by atoms with E-state index >= 15 is 0 Å². The number of hydrogen-bond acceptors (Lipinski definition) is 4. The zero-order chi connectivity index (χ0) is 14.1. The molecule has 6 heteroatoms. The third-order valence-electron chi connectivity index (χ3n) is 3.24. The van der Waals surface area contributed by atoms with Gasteiger partial charge in [-0.2, -0.15) is 0 Å². The number of nitrogens with zero attached hydrogens (tertiary/aromatic N) is 2. The molecule has 1 N–H and O–H groups in total. The molecule has 20 heavy (non-hydrogen) atoms. The Balaban J connectivity index is 2.07. The number of para-hydroxylation sites is 1. The van der Waals surface area contributed by atoms with E-state index in [1.807, 2.05) is 24.3 Å². The second kappa shape index (κ2) is 5.20. The van der Waals surface area contributed by atoms with E-state index in [1.54, 1.807) is 0 Å². The molecule has 0 radical (unpaired) electrons. The Morgan fingerprint density at radius 3 is 3.00 bits per heavy atom. The summed E-state index contributed by atoms with van der Waals surface area (Å²) in [6.45, 7) is 0.573. The zero-order valence-electron chi connectivity index (χ0n) is 10.4. The fourth-order valence-corrected chi connectivity index (χ4v) is 2.67. The van der Waals surface area contributed by atoms with Crippen LogP contribution in [0.1, 0.15) is 34.2 Å². The lowest BCUT2D eigenvalue weighted by Crippen LogP contribution is -2.18. The molecular weight excluding hydrogens is 324 g/mol. The first kappa shape index (κ1) is 13.1. The summed E-state index contributed by atoms with van der Waals surface area (Å²) in [6, 6.07) is 7.70. The van der Waals surface area contributed by atoms with Gasteiger partial charge >= 0.3 is 5.97 Å². The van der Waals surface area contributed by atoms with E-state index in [1.165, 1.54) is 6.20 Å². The summed E-state index contributed by atoms with van der Waals surface area (Å²) in [7, 11) is 0. The van der Waals surface area contributed by atoms with Gasteiger partial charge in [0.1, 0.15) is 11.6 Å². The van der Waals surface area contributed by atoms with E-state index in [4.69, 9.17) is 9.84 Å². The molecule has 0 fully saturated rings. The van der Waals surface area contributed by atoms with Crippen molar-refractivity contribution in [2.75, 3.05) is 6.61 Å². The second-order valence-electron chi connectivity index (χ2n) is 4.46. The van der Waals surface area contributed by atoms with E-state index in [0.29, 0.717) is 16.9 Å². The first-order valence-electron chi connectivity index (χ1n) is 6.14. The summed E-state index contributed by atoms with van der Waals surface area (Å²) in [5.41, 5.74) is 0.983. The lowest BCUT2D eigenvalue weighted by molar-refractivity contribution is 0.0688. The van der Waals surface area contributed by atoms with Crippen molar-refractivity contribution in [1.82, 2.24) is 9.97 Å². The number of ether oxygens (including phenoxy) is 1. The molecule has 1 aliphatic rings. The van der Waals surface area contributed by atoms with Crippen LogP contribution in [-0.4, -0.2) is 27.7 Å². The molecule has 5 nitrogen and oxygen atoms in total. The maximum absolute atomic E-state index is 11.2. The van der Waals surface area contributed by atoms with Crippen molar-refractivity contribution in [3.63, 3.8) is 0 Å². The van der Waals surface area contributed by atoms with Crippen molar-refractivity contribution in [3.8, 4) is 5.75 Å². The van der Waals surface area contributed by atoms with Crippen LogP contribution in [0.3, 0.4) is 0 Å². The monoisotopic (exact) mass is 334 g/mol. The maximum Gasteiger partial charge on any atom is 0.355 e. The van der Waals surface area contributed by atoms with Gasteiger partial charge < -0.3 is 9.84 Å². The molecule has 1 atom stereocenters. The normalized spacial score (nSPS) is 17.1. The summed E-state index contributed by atoms with van der Waals surface area (Å²) >= 11 is 3.16. The van der Waals surface area contributed by atoms with Crippen molar-refractivity contribution in [3.05, 3.63) is 52.0 Å². The summed E-state index contributed by atoms with van der Waals surface area (Å²) in [4.78, 5) is 19.6. The Labute approximate surface area is 123 Å². The highest BCUT2D eigenvalue weighted by molar-refractivity contribution is 9.10. The van der Waals surface area contributed by atoms with Gasteiger partial charge in [-0.15, -0.1) is 0 Å². The SMILES string of the molecule is O=C(O)c1nc(C2CCOc3ccccc32)ncc1Br. The molecule has 0 amide bonds. The topological polar surface area (TPSA) is 72.3 Å². The van der Waals surface area contributed by atoms with Crippen LogP contribution in [0, 0.1) is 0 Å². The molecule has 0 spiro atoms. The Hall–Kier alpha value is -1.95. The molecule has 1 aromatic heterocycles. The minimum atomic E-state index is -1.07. The molecule has 1 unspecified atom stereocenters. The second-order valence-corrected chi connectivity index (χ2v) is 5.31. The number of carboxylic acid groups (broad SMARTS) is 1. The van der Waals surface area contributed by atoms with E-state index in [0.717, 1.165) is 17.7 Å². The van der Waals surface area contributed by atoms with Gasteiger partial charge in [0.25, 0.3) is 0 Å². The van der Waals surface area contributed by atoms with Crippen molar-refractivity contribution in [2.24, 2.45) is 0 Å². The molecule has 1 aromatic carbocycles. The Bertz CT molecular complexity index is 675. The van der Waals surface area contributed by atoms with E-state index in [2.05, 4.69) is 25.9 Å². The summed E-state index contributed by atoms with van der Waals surface area (Å²) in [6.07, 6.45) is 2.22. The van der Waals surface area contributed by atoms with Gasteiger partial charge in [0.05, 0.1) is 17.0 Å². The van der Waals surface area contributed by atoms with Gasteiger partial charge in [-0.25, -0.2) is 14.8 Å². The standard InChI is InChI=1S/C14H11BrN2O3/c15-10-7-16-13(17-12(10)14(18)19)9-5-6-20-11-4-2-1-3-8(9)11/h1-4,7,9H,5-6H2,(H,18,19). The minimum absolute atomic E-state index is 0.0148. The molecule has 2 heterocycles. The number of halogens is 1. The van der Waals surface area contributed by atoms with Crippen molar-refractivity contribution >= 4 is 21.9 Å². The number of hydrogen-bond donors (Lipinski definition) is 1. The molecule has 0 aliphatic carbocycles. The molecule has 102 valence electrons. The number of aromatic nitrogens is 2. The van der Waals surface area contributed by atoms with Crippen molar-refractivity contribution in [2.45, 2.75) is 12.3 Å². The van der Waals surface area contributed by atoms with Gasteiger partial charge in [0.15, 0.2) is 5.69 Å². The van der Waals surface area contributed by atoms with Crippen molar-refractivity contribution in [1.29, 1.82) is 0 Å². The molecule has 0 bridgehead atoms. The fourth-order valence-electron chi connectivity index (χ4n) is 2.31. The largest absolute Gasteiger partial charge is 0.493 e. The summed E-state index contributed by atoms with van der Waals surface area (Å²) in [5.74, 6) is 0.223. The van der Waals surface area contributed by atoms with Gasteiger partial charge in [-0.1, -0.05) is 18.2 Å². The maximum atomic E-state index is 11.2. The lowest BCUT2D eigenvalue weighted by Gasteiger charge is -2.24. The average Bonchev–Trinajstić information content (AvgIpc) is 2.47. The lowest BCUT2D eigenvalue weighted by atomic mass is 9.92. The predicted molar refractivity (Wildman–Crippen MR) is 75.1 cm³/mol. The zero-order valence-corrected chi connectivity index (χ0v) is 12.0. The Morgan fingerprint density at radius 1 is 1.40 bits per heavy atom. The highest BCUT2D eigenvalue weighted by Gasteiger charge is 2.26. The summed E-state index contributed by atoms with van der Waals surface area (Å²) < 4.78 is 5.98. The third kappa shape index (κ3) is 2.27. The quantitative estimate of drug-likeness (QED) is 0.914. The van der Waals surface area contributed by atoms with E-state index < -0.39 is 5.97 Å². The smallest absolute Gasteiger partial charge is 0.355 e. The number of benzene rings is 1. The molecule has 3 rings (SSSR count). The van der Waals surface area contributed by atoms with Gasteiger partial charge in [0.2, 0.25) is 0 Å². The Kier molecular flexibility index (Phi) is 3.40. The molecule has 2 aromatic rings. The van der Waals surface area contributed by atoms with Crippen LogP contribution in [0.25, 0.3) is 0 Å². The van der Waals surface area contributed by atoms with Crippen LogP contribution in [0.15, 0.2) is 34.9 Å². The van der Waals surface area contributed by atoms with E-state index in [-0.39, 0.29) is 11.6 Å². The third-order valence-corrected chi connectivity index (χ3v) is 3.82. The van der Waals surface area contributed by atoms with Gasteiger partial charge in [0, 0.05) is 11.8 Å². The number of aromatic carboxylic acids is 1. The molecule has 0 saturated carbocycles. The van der Waals surface area contributed by atoms with Crippen LogP contribution in [0.2, 0.25) is 0 Å². The summed E-state index contributed by atoms with van der Waals surface area (Å²) in [5, 5.41) is 9.14. The van der Waals surface area contributed by atoms with Crippen LogP contribution in [-0.2, 0) is 0 Å². The predicted octanol–water partition coefficient (Wildman–Crippen LogP) is 2.85. The molecule has 0 saturated heterocycles. The number of rotatable bonds is 2. The van der Waals surface area contributed by atoms with Crippen LogP contribution >= 0.6 is 15.9 Å². The van der Waals surface area contributed by atoms with Gasteiger partial charge in [-0.3, -0.25) is 0 Å². The highest BCUT2D eigenvalue weighted by atomic mass is 79.9. The minimum Gasteiger partial charge on any atom is -0.493 e. The van der Waals surface area contributed by atoms with Crippen molar-refractivity contribution < 1.29 is 14.6 Å². The number of carbonyl (C=O) groups is 1. The molecule has 1 aliphatic heterocycles. The number of carboxylic acids is 1. The highest BCUT2D eigenvalue weighted by Crippen LogP contribution is 2.36. The van der Waals surface area contributed by atoms with Crippen LogP contribution in [0.5, 0.6) is 5.75 Å². The average molecular weight is 335 g/mol. The van der Waals surface area contributed by atoms with Crippen LogP contribution in [0.4, 0.5) is 0 Å².